The second-order valence-electron chi connectivity index (χ2n) is 5.09. The van der Waals surface area contributed by atoms with Crippen molar-refractivity contribution in [2.75, 3.05) is 25.6 Å². The number of nitrogens with one attached hydrogen (secondary N) is 1. The molecule has 0 aromatic heterocycles. The number of ether oxygens (including phenoxy) is 2. The Morgan fingerprint density at radius 3 is 2.57 bits per heavy atom. The van der Waals surface area contributed by atoms with Crippen LogP contribution >= 0.6 is 0 Å². The fourth-order valence-corrected chi connectivity index (χ4v) is 2.05. The van der Waals surface area contributed by atoms with Crippen LogP contribution in [-0.4, -0.2) is 32.6 Å². The molecular weight excluding hydrogens is 292 g/mol. The molecule has 0 radical (unpaired) electrons. The van der Waals surface area contributed by atoms with Gasteiger partial charge in [-0.25, -0.2) is 0 Å². The Balaban J connectivity index is 2.01. The lowest BCUT2D eigenvalue weighted by Crippen LogP contribution is -2.26. The van der Waals surface area contributed by atoms with Crippen LogP contribution in [0.5, 0.6) is 0 Å². The Morgan fingerprint density at radius 1 is 1.13 bits per heavy atom. The minimum atomic E-state index is -0.312. The maximum absolute atomic E-state index is 11.3. The second-order valence-corrected chi connectivity index (χ2v) is 5.09. The molecule has 0 unspecified atom stereocenters. The van der Waals surface area contributed by atoms with E-state index >= 15 is 0 Å². The van der Waals surface area contributed by atoms with Crippen molar-refractivity contribution in [2.24, 2.45) is 0 Å². The first-order chi connectivity index (χ1) is 11.1. The summed E-state index contributed by atoms with van der Waals surface area (Å²) >= 11 is 0. The highest BCUT2D eigenvalue weighted by molar-refractivity contribution is 5.92. The van der Waals surface area contributed by atoms with Crippen molar-refractivity contribution in [3.63, 3.8) is 0 Å². The lowest BCUT2D eigenvalue weighted by atomic mass is 10.2. The Morgan fingerprint density at radius 2 is 1.87 bits per heavy atom. The third-order valence-corrected chi connectivity index (χ3v) is 3.37. The van der Waals surface area contributed by atoms with E-state index in [2.05, 4.69) is 4.74 Å². The number of nitrogens with zero attached hydrogens (tertiary/aromatic N) is 1. The van der Waals surface area contributed by atoms with Gasteiger partial charge >= 0.3 is 5.97 Å². The van der Waals surface area contributed by atoms with Crippen molar-refractivity contribution < 1.29 is 14.3 Å². The smallest absolute Gasteiger partial charge is 0.325 e. The SMILES string of the molecule is COC(=O)CN(C)c1cccc(C(=N)OCc2ccccc2)c1. The fraction of sp³-hybridized carbons (Fsp3) is 0.222. The zero-order valence-electron chi connectivity index (χ0n) is 13.3. The summed E-state index contributed by atoms with van der Waals surface area (Å²) in [5, 5.41) is 8.06. The second kappa shape index (κ2) is 7.98. The standard InChI is InChI=1S/C18H20N2O3/c1-20(12-17(21)22-2)16-10-6-9-15(11-16)18(19)23-13-14-7-4-3-5-8-14/h3-11,19H,12-13H2,1-2H3. The van der Waals surface area contributed by atoms with E-state index in [4.69, 9.17) is 10.1 Å². The van der Waals surface area contributed by atoms with Crippen LogP contribution in [0.1, 0.15) is 11.1 Å². The van der Waals surface area contributed by atoms with Gasteiger partial charge in [-0.3, -0.25) is 10.2 Å². The number of benzene rings is 2. The number of hydrogen-bond acceptors (Lipinski definition) is 5. The third kappa shape index (κ3) is 4.85. The molecule has 0 heterocycles. The summed E-state index contributed by atoms with van der Waals surface area (Å²) in [4.78, 5) is 13.1. The highest BCUT2D eigenvalue weighted by Gasteiger charge is 2.10. The lowest BCUT2D eigenvalue weighted by molar-refractivity contribution is -0.138. The number of carbonyl (C=O) groups excluding carboxylic acids is 1. The van der Waals surface area contributed by atoms with E-state index in [1.807, 2.05) is 54.6 Å². The van der Waals surface area contributed by atoms with Crippen LogP contribution < -0.4 is 4.90 Å². The molecule has 0 amide bonds. The molecule has 2 rings (SSSR count). The van der Waals surface area contributed by atoms with Crippen molar-refractivity contribution in [1.82, 2.24) is 0 Å². The van der Waals surface area contributed by atoms with Gasteiger partial charge in [0.2, 0.25) is 5.90 Å². The van der Waals surface area contributed by atoms with Gasteiger partial charge < -0.3 is 14.4 Å². The van der Waals surface area contributed by atoms with E-state index in [1.165, 1.54) is 7.11 Å². The molecule has 0 aliphatic rings. The van der Waals surface area contributed by atoms with Gasteiger partial charge in [0.1, 0.15) is 13.2 Å². The maximum Gasteiger partial charge on any atom is 0.325 e. The quantitative estimate of drug-likeness (QED) is 0.506. The zero-order chi connectivity index (χ0) is 16.7. The van der Waals surface area contributed by atoms with Crippen LogP contribution in [0.25, 0.3) is 0 Å². The van der Waals surface area contributed by atoms with Crippen LogP contribution in [0.3, 0.4) is 0 Å². The summed E-state index contributed by atoms with van der Waals surface area (Å²) in [5.41, 5.74) is 2.49. The van der Waals surface area contributed by atoms with Crippen LogP contribution in [0.15, 0.2) is 54.6 Å². The molecule has 2 aromatic carbocycles. The van der Waals surface area contributed by atoms with Gasteiger partial charge in [0.25, 0.3) is 0 Å². The molecule has 0 atom stereocenters. The summed E-state index contributed by atoms with van der Waals surface area (Å²) in [6.07, 6.45) is 0. The summed E-state index contributed by atoms with van der Waals surface area (Å²) in [6, 6.07) is 17.0. The molecule has 1 N–H and O–H groups in total. The molecule has 5 heteroatoms. The zero-order valence-corrected chi connectivity index (χ0v) is 13.3. The molecule has 0 spiro atoms. The van der Waals surface area contributed by atoms with Crippen molar-refractivity contribution in [2.45, 2.75) is 6.61 Å². The fourth-order valence-electron chi connectivity index (χ4n) is 2.05. The van der Waals surface area contributed by atoms with Gasteiger partial charge in [-0.1, -0.05) is 36.4 Å². The van der Waals surface area contributed by atoms with Crippen LogP contribution in [0.2, 0.25) is 0 Å². The highest BCUT2D eigenvalue weighted by atomic mass is 16.5. The molecule has 0 saturated heterocycles. The number of methoxy groups -OCH3 is 1. The van der Waals surface area contributed by atoms with Crippen molar-refractivity contribution in [3.8, 4) is 0 Å². The number of carbonyl (C=O) groups is 1. The van der Waals surface area contributed by atoms with Crippen molar-refractivity contribution in [1.29, 1.82) is 5.41 Å². The predicted octanol–water partition coefficient (Wildman–Crippen LogP) is 2.84. The topological polar surface area (TPSA) is 62.6 Å². The molecule has 2 aromatic rings. The van der Waals surface area contributed by atoms with Crippen molar-refractivity contribution in [3.05, 3.63) is 65.7 Å². The van der Waals surface area contributed by atoms with Gasteiger partial charge in [0.15, 0.2) is 0 Å². The molecule has 0 saturated carbocycles. The maximum atomic E-state index is 11.3. The van der Waals surface area contributed by atoms with E-state index in [-0.39, 0.29) is 18.4 Å². The monoisotopic (exact) mass is 312 g/mol. The van der Waals surface area contributed by atoms with Crippen LogP contribution in [0.4, 0.5) is 5.69 Å². The number of esters is 1. The largest absolute Gasteiger partial charge is 0.473 e. The third-order valence-electron chi connectivity index (χ3n) is 3.37. The van der Waals surface area contributed by atoms with E-state index in [1.54, 1.807) is 11.9 Å². The van der Waals surface area contributed by atoms with Crippen LogP contribution in [0, 0.1) is 5.41 Å². The van der Waals surface area contributed by atoms with Crippen molar-refractivity contribution >= 4 is 17.6 Å². The van der Waals surface area contributed by atoms with Gasteiger partial charge in [-0.2, -0.15) is 0 Å². The average Bonchev–Trinajstić information content (AvgIpc) is 2.60. The van der Waals surface area contributed by atoms with E-state index in [0.717, 1.165) is 11.3 Å². The van der Waals surface area contributed by atoms with E-state index in [9.17, 15) is 4.79 Å². The number of likely N-dealkylation sites (N-methyl/N-ethyl adjacent to an activating group) is 1. The highest BCUT2D eigenvalue weighted by Crippen LogP contribution is 2.16. The first-order valence-corrected chi connectivity index (χ1v) is 7.24. The molecular formula is C18H20N2O3. The van der Waals surface area contributed by atoms with E-state index in [0.29, 0.717) is 12.2 Å². The minimum absolute atomic E-state index is 0.0992. The average molecular weight is 312 g/mol. The predicted molar refractivity (Wildman–Crippen MR) is 89.8 cm³/mol. The van der Waals surface area contributed by atoms with E-state index < -0.39 is 0 Å². The molecule has 23 heavy (non-hydrogen) atoms. The summed E-state index contributed by atoms with van der Waals surface area (Å²) in [6.45, 7) is 0.500. The summed E-state index contributed by atoms with van der Waals surface area (Å²) in [5.74, 6) is -0.213. The summed E-state index contributed by atoms with van der Waals surface area (Å²) < 4.78 is 10.2. The lowest BCUT2D eigenvalue weighted by Gasteiger charge is -2.18. The molecule has 0 aliphatic heterocycles. The molecule has 0 aliphatic carbocycles. The minimum Gasteiger partial charge on any atom is -0.473 e. The number of anilines is 1. The molecule has 0 bridgehead atoms. The Kier molecular flexibility index (Phi) is 5.74. The normalized spacial score (nSPS) is 10.0. The first-order valence-electron chi connectivity index (χ1n) is 7.24. The number of hydrogen-bond donors (Lipinski definition) is 1. The molecule has 0 fully saturated rings. The van der Waals surface area contributed by atoms with Gasteiger partial charge in [0.05, 0.1) is 7.11 Å². The first kappa shape index (κ1) is 16.5. The van der Waals surface area contributed by atoms with Gasteiger partial charge in [-0.05, 0) is 23.8 Å². The molecule has 5 nitrogen and oxygen atoms in total. The Bertz CT molecular complexity index is 671. The van der Waals surface area contributed by atoms with Gasteiger partial charge in [0, 0.05) is 18.3 Å². The summed E-state index contributed by atoms with van der Waals surface area (Å²) in [7, 11) is 3.16. The Labute approximate surface area is 136 Å². The number of rotatable bonds is 6. The van der Waals surface area contributed by atoms with Crippen LogP contribution in [-0.2, 0) is 20.9 Å². The Hall–Kier alpha value is -2.82. The molecule has 120 valence electrons. The van der Waals surface area contributed by atoms with Gasteiger partial charge in [-0.15, -0.1) is 0 Å².